The van der Waals surface area contributed by atoms with Gasteiger partial charge in [0.1, 0.15) is 11.6 Å². The molecule has 0 aromatic heterocycles. The SMILES string of the molecule is CCC1C(=O)NC(C)(C2CC2)C(=O)N1C1CCN(C)CC1. The lowest BCUT2D eigenvalue weighted by Gasteiger charge is -2.49. The molecule has 0 bridgehead atoms. The number of hydrogen-bond donors (Lipinski definition) is 1. The molecule has 1 saturated carbocycles. The van der Waals surface area contributed by atoms with E-state index < -0.39 is 5.54 Å². The lowest BCUT2D eigenvalue weighted by Crippen LogP contribution is -2.72. The van der Waals surface area contributed by atoms with Crippen molar-refractivity contribution in [2.24, 2.45) is 5.92 Å². The minimum Gasteiger partial charge on any atom is -0.340 e. The van der Waals surface area contributed by atoms with E-state index in [2.05, 4.69) is 17.3 Å². The van der Waals surface area contributed by atoms with Crippen LogP contribution in [0.25, 0.3) is 0 Å². The summed E-state index contributed by atoms with van der Waals surface area (Å²) in [5.41, 5.74) is -0.661. The van der Waals surface area contributed by atoms with Crippen LogP contribution in [0.1, 0.15) is 46.0 Å². The van der Waals surface area contributed by atoms with Crippen LogP contribution in [0.3, 0.4) is 0 Å². The molecule has 2 heterocycles. The van der Waals surface area contributed by atoms with Crippen LogP contribution in [0.4, 0.5) is 0 Å². The van der Waals surface area contributed by atoms with E-state index in [-0.39, 0.29) is 23.9 Å². The molecule has 3 fully saturated rings. The zero-order valence-electron chi connectivity index (χ0n) is 13.4. The number of rotatable bonds is 3. The molecule has 2 unspecified atom stereocenters. The summed E-state index contributed by atoms with van der Waals surface area (Å²) in [6.45, 7) is 5.94. The molecule has 1 aliphatic carbocycles. The van der Waals surface area contributed by atoms with E-state index in [1.807, 2.05) is 18.7 Å². The van der Waals surface area contributed by atoms with Gasteiger partial charge in [-0.25, -0.2) is 0 Å². The number of carbonyl (C=O) groups excluding carboxylic acids is 2. The maximum atomic E-state index is 13.1. The van der Waals surface area contributed by atoms with E-state index in [4.69, 9.17) is 0 Å². The van der Waals surface area contributed by atoms with Crippen molar-refractivity contribution in [1.29, 1.82) is 0 Å². The average Bonchev–Trinajstić information content (AvgIpc) is 3.28. The molecule has 3 aliphatic rings. The first-order valence-electron chi connectivity index (χ1n) is 8.30. The van der Waals surface area contributed by atoms with Gasteiger partial charge in [0.2, 0.25) is 11.8 Å². The van der Waals surface area contributed by atoms with E-state index in [1.54, 1.807) is 0 Å². The van der Waals surface area contributed by atoms with Crippen molar-refractivity contribution in [3.8, 4) is 0 Å². The Morgan fingerprint density at radius 1 is 1.19 bits per heavy atom. The topological polar surface area (TPSA) is 52.7 Å². The van der Waals surface area contributed by atoms with Gasteiger partial charge >= 0.3 is 0 Å². The van der Waals surface area contributed by atoms with Gasteiger partial charge in [0, 0.05) is 6.04 Å². The Hall–Kier alpha value is -1.10. The van der Waals surface area contributed by atoms with Crippen LogP contribution < -0.4 is 5.32 Å². The van der Waals surface area contributed by atoms with Gasteiger partial charge in [-0.15, -0.1) is 0 Å². The van der Waals surface area contributed by atoms with Crippen LogP contribution in [-0.2, 0) is 9.59 Å². The van der Waals surface area contributed by atoms with Gasteiger partial charge in [-0.05, 0) is 65.1 Å². The largest absolute Gasteiger partial charge is 0.340 e. The van der Waals surface area contributed by atoms with Crippen molar-refractivity contribution in [3.05, 3.63) is 0 Å². The monoisotopic (exact) mass is 293 g/mol. The first-order valence-corrected chi connectivity index (χ1v) is 8.30. The second kappa shape index (κ2) is 5.27. The third-order valence-corrected chi connectivity index (χ3v) is 5.56. The van der Waals surface area contributed by atoms with Crippen LogP contribution in [0.5, 0.6) is 0 Å². The predicted molar refractivity (Wildman–Crippen MR) is 80.7 cm³/mol. The molecule has 3 rings (SSSR count). The Morgan fingerprint density at radius 3 is 2.33 bits per heavy atom. The quantitative estimate of drug-likeness (QED) is 0.844. The van der Waals surface area contributed by atoms with Crippen LogP contribution in [0, 0.1) is 5.92 Å². The van der Waals surface area contributed by atoms with Crippen molar-refractivity contribution in [3.63, 3.8) is 0 Å². The van der Waals surface area contributed by atoms with Gasteiger partial charge in [0.05, 0.1) is 0 Å². The van der Waals surface area contributed by atoms with Crippen LogP contribution in [-0.4, -0.2) is 59.4 Å². The number of piperidine rings is 1. The molecule has 0 spiro atoms. The number of nitrogens with zero attached hydrogens (tertiary/aromatic N) is 2. The molecule has 2 saturated heterocycles. The molecule has 1 N–H and O–H groups in total. The summed E-state index contributed by atoms with van der Waals surface area (Å²) in [5, 5.41) is 3.04. The molecular formula is C16H27N3O2. The molecule has 2 aliphatic heterocycles. The number of amides is 2. The summed E-state index contributed by atoms with van der Waals surface area (Å²) in [5.74, 6) is 0.539. The van der Waals surface area contributed by atoms with Crippen LogP contribution >= 0.6 is 0 Å². The van der Waals surface area contributed by atoms with E-state index in [0.29, 0.717) is 12.3 Å². The van der Waals surface area contributed by atoms with Crippen molar-refractivity contribution >= 4 is 11.8 Å². The molecule has 5 heteroatoms. The smallest absolute Gasteiger partial charge is 0.249 e. The first-order chi connectivity index (χ1) is 9.97. The van der Waals surface area contributed by atoms with Gasteiger partial charge < -0.3 is 15.1 Å². The summed E-state index contributed by atoms with van der Waals surface area (Å²) in [4.78, 5) is 29.9. The molecule has 118 valence electrons. The maximum Gasteiger partial charge on any atom is 0.249 e. The van der Waals surface area contributed by atoms with E-state index in [0.717, 1.165) is 38.8 Å². The van der Waals surface area contributed by atoms with E-state index in [1.165, 1.54) is 0 Å². The van der Waals surface area contributed by atoms with Crippen LogP contribution in [0.2, 0.25) is 0 Å². The van der Waals surface area contributed by atoms with Gasteiger partial charge in [0.25, 0.3) is 0 Å². The fraction of sp³-hybridized carbons (Fsp3) is 0.875. The highest BCUT2D eigenvalue weighted by atomic mass is 16.2. The molecule has 5 nitrogen and oxygen atoms in total. The Bertz CT molecular complexity index is 441. The zero-order valence-corrected chi connectivity index (χ0v) is 13.4. The van der Waals surface area contributed by atoms with E-state index in [9.17, 15) is 9.59 Å². The summed E-state index contributed by atoms with van der Waals surface area (Å²) in [7, 11) is 2.12. The van der Waals surface area contributed by atoms with Crippen molar-refractivity contribution < 1.29 is 9.59 Å². The van der Waals surface area contributed by atoms with Gasteiger partial charge in [-0.1, -0.05) is 6.92 Å². The molecule has 0 radical (unpaired) electrons. The van der Waals surface area contributed by atoms with Crippen molar-refractivity contribution in [1.82, 2.24) is 15.1 Å². The second-order valence-electron chi connectivity index (χ2n) is 7.14. The van der Waals surface area contributed by atoms with Crippen molar-refractivity contribution in [2.45, 2.75) is 63.6 Å². The van der Waals surface area contributed by atoms with Crippen molar-refractivity contribution in [2.75, 3.05) is 20.1 Å². The fourth-order valence-corrected chi connectivity index (χ4v) is 3.94. The van der Waals surface area contributed by atoms with Crippen LogP contribution in [0.15, 0.2) is 0 Å². The van der Waals surface area contributed by atoms with Gasteiger partial charge in [-0.3, -0.25) is 9.59 Å². The molecule has 0 aromatic rings. The minimum atomic E-state index is -0.661. The lowest BCUT2D eigenvalue weighted by molar-refractivity contribution is -0.159. The molecule has 2 atom stereocenters. The van der Waals surface area contributed by atoms with E-state index >= 15 is 0 Å². The molecular weight excluding hydrogens is 266 g/mol. The minimum absolute atomic E-state index is 0.0467. The summed E-state index contributed by atoms with van der Waals surface area (Å²) < 4.78 is 0. The zero-order chi connectivity index (χ0) is 15.2. The highest BCUT2D eigenvalue weighted by molar-refractivity contribution is 6.00. The Morgan fingerprint density at radius 2 is 1.81 bits per heavy atom. The third kappa shape index (κ3) is 2.45. The number of carbonyl (C=O) groups is 2. The number of hydrogen-bond acceptors (Lipinski definition) is 3. The highest BCUT2D eigenvalue weighted by Gasteiger charge is 2.56. The second-order valence-corrected chi connectivity index (χ2v) is 7.14. The fourth-order valence-electron chi connectivity index (χ4n) is 3.94. The number of nitrogens with one attached hydrogen (secondary N) is 1. The Kier molecular flexibility index (Phi) is 3.72. The lowest BCUT2D eigenvalue weighted by atomic mass is 9.86. The average molecular weight is 293 g/mol. The normalized spacial score (nSPS) is 36.0. The molecule has 0 aromatic carbocycles. The van der Waals surface area contributed by atoms with Gasteiger partial charge in [-0.2, -0.15) is 0 Å². The standard InChI is InChI=1S/C16H27N3O2/c1-4-13-14(20)17-16(2,11-5-6-11)15(21)19(13)12-7-9-18(3)10-8-12/h11-13H,4-10H2,1-3H3,(H,17,20). The number of piperazine rings is 1. The third-order valence-electron chi connectivity index (χ3n) is 5.56. The molecule has 2 amide bonds. The maximum absolute atomic E-state index is 13.1. The first kappa shape index (κ1) is 14.8. The van der Waals surface area contributed by atoms with Gasteiger partial charge in [0.15, 0.2) is 0 Å². The summed E-state index contributed by atoms with van der Waals surface area (Å²) in [6, 6.07) is -0.0551. The Balaban J connectivity index is 1.86. The molecule has 21 heavy (non-hydrogen) atoms. The summed E-state index contributed by atoms with van der Waals surface area (Å²) in [6.07, 6.45) is 4.77. The predicted octanol–water partition coefficient (Wildman–Crippen LogP) is 0.986. The number of likely N-dealkylation sites (tertiary alicyclic amines) is 1. The summed E-state index contributed by atoms with van der Waals surface area (Å²) >= 11 is 0. The highest BCUT2D eigenvalue weighted by Crippen LogP contribution is 2.43. The Labute approximate surface area is 127 Å².